The zero-order valence-electron chi connectivity index (χ0n) is 21.5. The number of aliphatic hydroxyl groups is 1. The minimum absolute atomic E-state index is 0.0294. The first kappa shape index (κ1) is 21.9. The summed E-state index contributed by atoms with van der Waals surface area (Å²) in [6.45, 7) is 10.8. The molecule has 2 heterocycles. The number of piperidine rings is 1. The zero-order chi connectivity index (χ0) is 23.9. The molecule has 5 aliphatic carbocycles. The molecule has 1 unspecified atom stereocenters. The molecule has 5 fully saturated rings. The van der Waals surface area contributed by atoms with Gasteiger partial charge in [-0.3, -0.25) is 4.90 Å². The van der Waals surface area contributed by atoms with Gasteiger partial charge < -0.3 is 19.7 Å². The Hall–Kier alpha value is -1.30. The van der Waals surface area contributed by atoms with Crippen molar-refractivity contribution < 1.29 is 19.7 Å². The molecule has 34 heavy (non-hydrogen) atoms. The second-order valence-electron chi connectivity index (χ2n) is 13.8. The number of fused-ring (bicyclic) bond motifs is 2. The molecule has 0 radical (unpaired) electrons. The maximum Gasteiger partial charge on any atom is 0.165 e. The van der Waals surface area contributed by atoms with Crippen LogP contribution < -0.4 is 4.74 Å². The van der Waals surface area contributed by atoms with Gasteiger partial charge in [-0.1, -0.05) is 26.8 Å². The van der Waals surface area contributed by atoms with Crippen LogP contribution in [0.3, 0.4) is 0 Å². The van der Waals surface area contributed by atoms with Crippen molar-refractivity contribution in [3.63, 3.8) is 0 Å². The summed E-state index contributed by atoms with van der Waals surface area (Å²) in [5, 5.41) is 23.2. The van der Waals surface area contributed by atoms with Crippen molar-refractivity contribution in [2.45, 2.75) is 101 Å². The Morgan fingerprint density at radius 2 is 1.91 bits per heavy atom. The van der Waals surface area contributed by atoms with E-state index in [0.717, 1.165) is 44.6 Å². The summed E-state index contributed by atoms with van der Waals surface area (Å²) in [6.07, 6.45) is 7.64. The Morgan fingerprint density at radius 3 is 2.59 bits per heavy atom. The lowest BCUT2D eigenvalue weighted by atomic mass is 9.33. The van der Waals surface area contributed by atoms with Crippen LogP contribution in [0.25, 0.3) is 0 Å². The zero-order valence-corrected chi connectivity index (χ0v) is 21.5. The van der Waals surface area contributed by atoms with Gasteiger partial charge in [-0.05, 0) is 81.4 Å². The number of rotatable bonds is 4. The van der Waals surface area contributed by atoms with Gasteiger partial charge in [0.05, 0.1) is 5.60 Å². The molecule has 0 aromatic heterocycles. The second kappa shape index (κ2) is 6.33. The van der Waals surface area contributed by atoms with Gasteiger partial charge in [-0.15, -0.1) is 0 Å². The Kier molecular flexibility index (Phi) is 4.08. The molecule has 8 rings (SSSR count). The Morgan fingerprint density at radius 1 is 1.15 bits per heavy atom. The number of hydrogen-bond donors (Lipinski definition) is 2. The fourth-order valence-corrected chi connectivity index (χ4v) is 9.58. The van der Waals surface area contributed by atoms with Crippen molar-refractivity contribution >= 4 is 0 Å². The number of nitrogens with zero attached hydrogens (tertiary/aromatic N) is 1. The second-order valence-corrected chi connectivity index (χ2v) is 13.8. The Balaban J connectivity index is 1.47. The summed E-state index contributed by atoms with van der Waals surface area (Å²) < 4.78 is 13.5. The topological polar surface area (TPSA) is 62.2 Å². The Labute approximate surface area is 203 Å². The molecule has 1 saturated heterocycles. The van der Waals surface area contributed by atoms with Crippen LogP contribution in [0.2, 0.25) is 0 Å². The number of ether oxygens (including phenoxy) is 2. The van der Waals surface area contributed by atoms with Crippen LogP contribution in [-0.2, 0) is 16.6 Å². The predicted molar refractivity (Wildman–Crippen MR) is 130 cm³/mol. The predicted octanol–water partition coefficient (Wildman–Crippen LogP) is 4.41. The van der Waals surface area contributed by atoms with Gasteiger partial charge in [0, 0.05) is 42.0 Å². The van der Waals surface area contributed by atoms with Crippen LogP contribution in [0.4, 0.5) is 0 Å². The lowest BCUT2D eigenvalue weighted by molar-refractivity contribution is -0.312. The van der Waals surface area contributed by atoms with Crippen molar-refractivity contribution in [1.82, 2.24) is 4.90 Å². The van der Waals surface area contributed by atoms with Crippen molar-refractivity contribution in [1.29, 1.82) is 0 Å². The first-order valence-corrected chi connectivity index (χ1v) is 13.6. The summed E-state index contributed by atoms with van der Waals surface area (Å²) in [5.41, 5.74) is 0.783. The molecule has 5 heteroatoms. The van der Waals surface area contributed by atoms with Crippen LogP contribution in [0.5, 0.6) is 11.5 Å². The number of aromatic hydroxyl groups is 1. The molecule has 7 atom stereocenters. The maximum absolute atomic E-state index is 12.2. The van der Waals surface area contributed by atoms with Crippen LogP contribution in [0, 0.1) is 22.7 Å². The van der Waals surface area contributed by atoms with E-state index in [9.17, 15) is 10.2 Å². The van der Waals surface area contributed by atoms with Gasteiger partial charge in [0.1, 0.15) is 11.7 Å². The van der Waals surface area contributed by atoms with Gasteiger partial charge >= 0.3 is 0 Å². The molecule has 1 aromatic carbocycles. The molecular weight excluding hydrogens is 426 g/mol. The maximum atomic E-state index is 12.2. The van der Waals surface area contributed by atoms with Gasteiger partial charge in [-0.25, -0.2) is 0 Å². The molecular formula is C29H41NO4. The number of likely N-dealkylation sites (tertiary alicyclic amines) is 1. The van der Waals surface area contributed by atoms with E-state index in [1.54, 1.807) is 0 Å². The van der Waals surface area contributed by atoms with E-state index >= 15 is 0 Å². The van der Waals surface area contributed by atoms with E-state index in [2.05, 4.69) is 31.7 Å². The Bertz CT molecular complexity index is 1060. The SMILES string of the molecule is CO[C@]12CC[C@@]3(C[C@@H]1[C@](C)(O)C(C)(C)C)[C@H]1Cc4ccc(O)c5c4[C@@]3(CCN1CC1CC1)C2O5. The average molecular weight is 468 g/mol. The van der Waals surface area contributed by atoms with Crippen molar-refractivity contribution in [2.24, 2.45) is 22.7 Å². The minimum Gasteiger partial charge on any atom is -0.504 e. The van der Waals surface area contributed by atoms with Crippen LogP contribution in [0.1, 0.15) is 77.3 Å². The first-order chi connectivity index (χ1) is 16.0. The van der Waals surface area contributed by atoms with E-state index in [0.29, 0.717) is 11.8 Å². The summed E-state index contributed by atoms with van der Waals surface area (Å²) in [7, 11) is 1.83. The number of methoxy groups -OCH3 is 1. The van der Waals surface area contributed by atoms with Crippen molar-refractivity contribution in [3.05, 3.63) is 23.3 Å². The van der Waals surface area contributed by atoms with Gasteiger partial charge in [0.25, 0.3) is 0 Å². The molecule has 0 amide bonds. The smallest absolute Gasteiger partial charge is 0.165 e. The average Bonchev–Trinajstić information content (AvgIpc) is 3.53. The largest absolute Gasteiger partial charge is 0.504 e. The molecule has 4 saturated carbocycles. The molecule has 2 spiro atoms. The number of benzene rings is 1. The van der Waals surface area contributed by atoms with Crippen molar-refractivity contribution in [3.8, 4) is 11.5 Å². The molecule has 7 aliphatic rings. The van der Waals surface area contributed by atoms with E-state index in [4.69, 9.17) is 9.47 Å². The highest BCUT2D eigenvalue weighted by molar-refractivity contribution is 5.63. The lowest BCUT2D eigenvalue weighted by Crippen LogP contribution is -2.83. The molecule has 2 aliphatic heterocycles. The molecule has 5 nitrogen and oxygen atoms in total. The highest BCUT2D eigenvalue weighted by atomic mass is 16.6. The first-order valence-electron chi connectivity index (χ1n) is 13.6. The third-order valence-corrected chi connectivity index (χ3v) is 11.9. The molecule has 186 valence electrons. The standard InChI is InChI=1S/C29H41NO4/c1-25(2,3)26(4,32)20-15-27-10-11-29(20,33-5)24-28(27)12-13-30(16-17-6-7-17)21(27)14-18-8-9-19(31)23(34-24)22(18)28/h8-9,17,20-21,24,31-32H,6-7,10-16H2,1-5H3/t20-,21-,24?,26+,27-,28+,29-/m1/s1. The fraction of sp³-hybridized carbons (Fsp3) is 0.793. The normalized spacial score (nSPS) is 43.9. The molecule has 1 aromatic rings. The van der Waals surface area contributed by atoms with Gasteiger partial charge in [-0.2, -0.15) is 0 Å². The number of phenolic OH excluding ortho intramolecular Hbond substituents is 1. The highest BCUT2D eigenvalue weighted by Gasteiger charge is 2.82. The van der Waals surface area contributed by atoms with E-state index in [1.165, 1.54) is 30.5 Å². The molecule has 4 bridgehead atoms. The van der Waals surface area contributed by atoms with Crippen molar-refractivity contribution in [2.75, 3.05) is 20.2 Å². The number of hydrogen-bond acceptors (Lipinski definition) is 5. The van der Waals surface area contributed by atoms with Crippen LogP contribution in [0.15, 0.2) is 12.1 Å². The number of phenols is 1. The fourth-order valence-electron chi connectivity index (χ4n) is 9.58. The van der Waals surface area contributed by atoms with E-state index in [-0.39, 0.29) is 34.0 Å². The molecule has 2 N–H and O–H groups in total. The monoisotopic (exact) mass is 467 g/mol. The summed E-state index contributed by atoms with van der Waals surface area (Å²) in [6, 6.07) is 4.46. The van der Waals surface area contributed by atoms with Gasteiger partial charge in [0.15, 0.2) is 11.5 Å². The van der Waals surface area contributed by atoms with Crippen LogP contribution >= 0.6 is 0 Å². The van der Waals surface area contributed by atoms with Gasteiger partial charge in [0.2, 0.25) is 0 Å². The summed E-state index contributed by atoms with van der Waals surface area (Å²) in [5.74, 6) is 1.80. The summed E-state index contributed by atoms with van der Waals surface area (Å²) >= 11 is 0. The quantitative estimate of drug-likeness (QED) is 0.687. The lowest BCUT2D eigenvalue weighted by Gasteiger charge is -2.75. The summed E-state index contributed by atoms with van der Waals surface area (Å²) in [4.78, 5) is 2.82. The minimum atomic E-state index is -0.909. The highest BCUT2D eigenvalue weighted by Crippen LogP contribution is 2.78. The third-order valence-electron chi connectivity index (χ3n) is 11.9. The van der Waals surface area contributed by atoms with Crippen LogP contribution in [-0.4, -0.2) is 58.7 Å². The van der Waals surface area contributed by atoms with E-state index in [1.807, 2.05) is 20.1 Å². The van der Waals surface area contributed by atoms with E-state index < -0.39 is 11.2 Å². The third kappa shape index (κ3) is 2.25.